The van der Waals surface area contributed by atoms with Crippen LogP contribution in [0.4, 0.5) is 5.69 Å². The predicted octanol–water partition coefficient (Wildman–Crippen LogP) is 6.13. The fourth-order valence-electron chi connectivity index (χ4n) is 4.31. The number of anilines is 1. The number of rotatable bonds is 8. The number of thioether (sulfide) groups is 1. The molecule has 4 heteroatoms. The van der Waals surface area contributed by atoms with Crippen molar-refractivity contribution in [2.45, 2.75) is 42.9 Å². The van der Waals surface area contributed by atoms with Gasteiger partial charge < -0.3 is 9.80 Å². The fourth-order valence-corrected chi connectivity index (χ4v) is 5.68. The zero-order valence-corrected chi connectivity index (χ0v) is 20.9. The number of hydrogen-bond acceptors (Lipinski definition) is 4. The van der Waals surface area contributed by atoms with E-state index in [2.05, 4.69) is 111 Å². The Morgan fingerprint density at radius 1 is 0.939 bits per heavy atom. The summed E-state index contributed by atoms with van der Waals surface area (Å²) in [6, 6.07) is 25.6. The molecule has 1 unspecified atom stereocenters. The van der Waals surface area contributed by atoms with Gasteiger partial charge in [0.25, 0.3) is 0 Å². The Morgan fingerprint density at radius 2 is 1.67 bits per heavy atom. The molecule has 0 aromatic heterocycles. The zero-order chi connectivity index (χ0) is 23.4. The highest BCUT2D eigenvalue weighted by Gasteiger charge is 2.32. The number of benzene rings is 2. The van der Waals surface area contributed by atoms with Crippen molar-refractivity contribution in [3.8, 4) is 0 Å². The third-order valence-corrected chi connectivity index (χ3v) is 7.62. The standard InChI is InChI=1S/C29H34N2OS/c1-21(2)23-14-15-25(28(32)24(20-23)17-18-30(3)4)29-31(19-16-22-10-6-5-7-11-22)26-12-8-9-13-27(26)33-29/h5-15,20-21,29H,16-19H2,1-4H3. The fraction of sp³-hybridized carbons (Fsp3) is 0.345. The Labute approximate surface area is 202 Å². The van der Waals surface area contributed by atoms with Gasteiger partial charge in [-0.15, -0.1) is 0 Å². The molecule has 0 radical (unpaired) electrons. The maximum atomic E-state index is 13.9. The van der Waals surface area contributed by atoms with E-state index in [-0.39, 0.29) is 10.8 Å². The highest BCUT2D eigenvalue weighted by atomic mass is 32.2. The second-order valence-electron chi connectivity index (χ2n) is 9.36. The lowest BCUT2D eigenvalue weighted by molar-refractivity contribution is 0.413. The summed E-state index contributed by atoms with van der Waals surface area (Å²) in [7, 11) is 4.12. The van der Waals surface area contributed by atoms with Crippen LogP contribution in [-0.2, 0) is 12.8 Å². The van der Waals surface area contributed by atoms with Gasteiger partial charge in [0, 0.05) is 29.1 Å². The Hall–Kier alpha value is -2.56. The van der Waals surface area contributed by atoms with Crippen molar-refractivity contribution in [2.24, 2.45) is 0 Å². The van der Waals surface area contributed by atoms with E-state index in [9.17, 15) is 4.79 Å². The summed E-state index contributed by atoms with van der Waals surface area (Å²) in [5.41, 5.74) is 5.78. The van der Waals surface area contributed by atoms with Crippen molar-refractivity contribution in [1.29, 1.82) is 0 Å². The number of nitrogens with zero attached hydrogens (tertiary/aromatic N) is 2. The van der Waals surface area contributed by atoms with Gasteiger partial charge in [-0.1, -0.05) is 86.3 Å². The molecule has 172 valence electrons. The maximum Gasteiger partial charge on any atom is 0.188 e. The molecule has 1 atom stereocenters. The molecule has 3 aromatic carbocycles. The minimum atomic E-state index is -0.0101. The first-order valence-electron chi connectivity index (χ1n) is 11.8. The Morgan fingerprint density at radius 3 is 2.39 bits per heavy atom. The summed E-state index contributed by atoms with van der Waals surface area (Å²) in [4.78, 5) is 19.7. The van der Waals surface area contributed by atoms with Gasteiger partial charge in [0.15, 0.2) is 5.43 Å². The van der Waals surface area contributed by atoms with Crippen LogP contribution in [0.2, 0.25) is 0 Å². The molecule has 4 rings (SSSR count). The lowest BCUT2D eigenvalue weighted by atomic mass is 10.0. The van der Waals surface area contributed by atoms with Gasteiger partial charge >= 0.3 is 0 Å². The molecule has 33 heavy (non-hydrogen) atoms. The van der Waals surface area contributed by atoms with E-state index in [4.69, 9.17) is 0 Å². The summed E-state index contributed by atoms with van der Waals surface area (Å²) in [5, 5.41) is -0.0101. The Kier molecular flexibility index (Phi) is 7.56. The average molecular weight is 459 g/mol. The molecule has 1 aliphatic rings. The Balaban J connectivity index is 1.74. The minimum Gasteiger partial charge on any atom is -0.354 e. The van der Waals surface area contributed by atoms with Gasteiger partial charge in [-0.25, -0.2) is 0 Å². The third kappa shape index (κ3) is 5.51. The van der Waals surface area contributed by atoms with Crippen LogP contribution in [0, 0.1) is 0 Å². The molecule has 0 aliphatic carbocycles. The first-order valence-corrected chi connectivity index (χ1v) is 12.7. The lowest BCUT2D eigenvalue weighted by Crippen LogP contribution is -2.29. The summed E-state index contributed by atoms with van der Waals surface area (Å²) < 4.78 is 0. The molecule has 0 saturated carbocycles. The maximum absolute atomic E-state index is 13.9. The van der Waals surface area contributed by atoms with Crippen LogP contribution in [-0.4, -0.2) is 32.1 Å². The van der Waals surface area contributed by atoms with Gasteiger partial charge in [0.2, 0.25) is 0 Å². The van der Waals surface area contributed by atoms with Crippen molar-refractivity contribution in [3.05, 3.63) is 105 Å². The highest BCUT2D eigenvalue weighted by molar-refractivity contribution is 8.00. The molecule has 0 saturated heterocycles. The second-order valence-corrected chi connectivity index (χ2v) is 10.5. The van der Waals surface area contributed by atoms with Crippen molar-refractivity contribution < 1.29 is 0 Å². The van der Waals surface area contributed by atoms with Crippen molar-refractivity contribution in [2.75, 3.05) is 32.1 Å². The molecule has 0 fully saturated rings. The van der Waals surface area contributed by atoms with Crippen LogP contribution in [0.5, 0.6) is 0 Å². The van der Waals surface area contributed by atoms with Gasteiger partial charge in [-0.05, 0) is 56.1 Å². The van der Waals surface area contributed by atoms with E-state index in [1.54, 1.807) is 11.8 Å². The SMILES string of the molecule is CC(C)c1ccc(C2Sc3ccccc3N2CCc2ccccc2)c(=O)c(CCN(C)C)c1. The van der Waals surface area contributed by atoms with Crippen molar-refractivity contribution in [3.63, 3.8) is 0 Å². The minimum absolute atomic E-state index is 0.0101. The number of para-hydroxylation sites is 1. The molecular weight excluding hydrogens is 424 g/mol. The van der Waals surface area contributed by atoms with Crippen LogP contribution < -0.4 is 10.3 Å². The molecule has 0 N–H and O–H groups in total. The summed E-state index contributed by atoms with van der Waals surface area (Å²) in [6.45, 7) is 6.13. The molecule has 0 spiro atoms. The topological polar surface area (TPSA) is 23.6 Å². The van der Waals surface area contributed by atoms with E-state index in [0.29, 0.717) is 5.92 Å². The van der Waals surface area contributed by atoms with Crippen LogP contribution in [0.1, 0.15) is 47.4 Å². The average Bonchev–Trinajstić information content (AvgIpc) is 3.08. The van der Waals surface area contributed by atoms with Gasteiger partial charge in [0.05, 0.1) is 5.69 Å². The molecule has 0 amide bonds. The predicted molar refractivity (Wildman–Crippen MR) is 142 cm³/mol. The molecule has 1 aliphatic heterocycles. The quantitative estimate of drug-likeness (QED) is 0.405. The van der Waals surface area contributed by atoms with E-state index in [1.165, 1.54) is 21.7 Å². The summed E-state index contributed by atoms with van der Waals surface area (Å²) >= 11 is 1.80. The van der Waals surface area contributed by atoms with Gasteiger partial charge in [-0.3, -0.25) is 4.79 Å². The molecule has 3 nitrogen and oxygen atoms in total. The van der Waals surface area contributed by atoms with Crippen LogP contribution in [0.3, 0.4) is 0 Å². The molecule has 1 heterocycles. The van der Waals surface area contributed by atoms with E-state index in [0.717, 1.165) is 37.1 Å². The molecular formula is C29H34N2OS. The monoisotopic (exact) mass is 458 g/mol. The van der Waals surface area contributed by atoms with E-state index < -0.39 is 0 Å². The smallest absolute Gasteiger partial charge is 0.188 e. The first-order chi connectivity index (χ1) is 15.9. The normalized spacial score (nSPS) is 15.3. The molecule has 3 aromatic rings. The summed E-state index contributed by atoms with van der Waals surface area (Å²) in [6.07, 6.45) is 1.71. The number of fused-ring (bicyclic) bond motifs is 1. The van der Waals surface area contributed by atoms with Crippen molar-refractivity contribution >= 4 is 17.4 Å². The van der Waals surface area contributed by atoms with Crippen LogP contribution >= 0.6 is 11.8 Å². The second kappa shape index (κ2) is 10.6. The van der Waals surface area contributed by atoms with Gasteiger partial charge in [-0.2, -0.15) is 0 Å². The highest BCUT2D eigenvalue weighted by Crippen LogP contribution is 2.50. The third-order valence-electron chi connectivity index (χ3n) is 6.29. The molecule has 0 bridgehead atoms. The first kappa shape index (κ1) is 23.6. The Bertz CT molecular complexity index is 1140. The lowest BCUT2D eigenvalue weighted by Gasteiger charge is -2.26. The zero-order valence-electron chi connectivity index (χ0n) is 20.1. The van der Waals surface area contributed by atoms with Crippen LogP contribution in [0.25, 0.3) is 0 Å². The largest absolute Gasteiger partial charge is 0.354 e. The number of likely N-dealkylation sites (N-methyl/N-ethyl adjacent to an activating group) is 1. The summed E-state index contributed by atoms with van der Waals surface area (Å²) in [5.74, 6) is 0.380. The van der Waals surface area contributed by atoms with Crippen LogP contribution in [0.15, 0.2) is 82.5 Å². The van der Waals surface area contributed by atoms with E-state index >= 15 is 0 Å². The van der Waals surface area contributed by atoms with Crippen molar-refractivity contribution in [1.82, 2.24) is 4.90 Å². The van der Waals surface area contributed by atoms with E-state index in [1.807, 2.05) is 0 Å². The number of hydrogen-bond donors (Lipinski definition) is 0. The van der Waals surface area contributed by atoms with Gasteiger partial charge in [0.1, 0.15) is 5.37 Å².